The molecule has 2 unspecified atom stereocenters. The van der Waals surface area contributed by atoms with E-state index in [9.17, 15) is 35.5 Å². The molecule has 2 aromatic carbocycles. The lowest BCUT2D eigenvalue weighted by molar-refractivity contribution is -0.143. The van der Waals surface area contributed by atoms with Crippen molar-refractivity contribution in [3.8, 4) is 0 Å². The van der Waals surface area contributed by atoms with Gasteiger partial charge in [-0.05, 0) is 62.7 Å². The second-order valence-electron chi connectivity index (χ2n) is 9.22. The van der Waals surface area contributed by atoms with E-state index in [4.69, 9.17) is 4.74 Å². The van der Waals surface area contributed by atoms with Crippen molar-refractivity contribution in [1.82, 2.24) is 10.2 Å². The minimum absolute atomic E-state index is 0.000183. The smallest absolute Gasteiger partial charge is 0.376 e. The van der Waals surface area contributed by atoms with Gasteiger partial charge in [-0.2, -0.15) is 26.3 Å². The van der Waals surface area contributed by atoms with Crippen LogP contribution in [0.2, 0.25) is 0 Å². The zero-order valence-electron chi connectivity index (χ0n) is 19.7. The summed E-state index contributed by atoms with van der Waals surface area (Å²) in [6.45, 7) is 2.10. The van der Waals surface area contributed by atoms with Crippen molar-refractivity contribution >= 4 is 5.91 Å². The largest absolute Gasteiger partial charge is 0.416 e. The van der Waals surface area contributed by atoms with E-state index in [1.54, 1.807) is 30.1 Å². The van der Waals surface area contributed by atoms with Crippen LogP contribution in [-0.2, 0) is 28.5 Å². The number of nitrogens with one attached hydrogen (secondary N) is 1. The summed E-state index contributed by atoms with van der Waals surface area (Å²) >= 11 is 0. The zero-order valence-corrected chi connectivity index (χ0v) is 19.7. The highest BCUT2D eigenvalue weighted by Crippen LogP contribution is 2.38. The van der Waals surface area contributed by atoms with Crippen LogP contribution >= 0.6 is 0 Å². The fourth-order valence-electron chi connectivity index (χ4n) is 4.52. The van der Waals surface area contributed by atoms with E-state index >= 15 is 0 Å². The van der Waals surface area contributed by atoms with Crippen LogP contribution in [0.3, 0.4) is 0 Å². The molecule has 0 spiro atoms. The lowest BCUT2D eigenvalue weighted by atomic mass is 9.94. The molecule has 2 heterocycles. The third kappa shape index (κ3) is 6.76. The number of likely N-dealkylation sites (N-methyl/N-ethyl adjacent to an activating group) is 1. The van der Waals surface area contributed by atoms with Crippen LogP contribution in [0.25, 0.3) is 0 Å². The first kappa shape index (κ1) is 27.9. The molecule has 0 saturated carbocycles. The van der Waals surface area contributed by atoms with Gasteiger partial charge in [0.1, 0.15) is 5.82 Å². The number of ether oxygens (including phenoxy) is 1. The molecule has 2 aliphatic rings. The van der Waals surface area contributed by atoms with Crippen LogP contribution in [0.1, 0.15) is 36.5 Å². The van der Waals surface area contributed by atoms with Gasteiger partial charge in [-0.25, -0.2) is 4.39 Å². The molecule has 36 heavy (non-hydrogen) atoms. The van der Waals surface area contributed by atoms with Crippen molar-refractivity contribution in [2.45, 2.75) is 50.3 Å². The predicted octanol–water partition coefficient (Wildman–Crippen LogP) is 5.67. The van der Waals surface area contributed by atoms with Crippen molar-refractivity contribution in [1.29, 1.82) is 0 Å². The van der Waals surface area contributed by atoms with Gasteiger partial charge in [0.05, 0.1) is 29.9 Å². The molecule has 2 aromatic rings. The quantitative estimate of drug-likeness (QED) is 0.517. The minimum Gasteiger partial charge on any atom is -0.376 e. The van der Waals surface area contributed by atoms with Crippen molar-refractivity contribution in [3.63, 3.8) is 0 Å². The van der Waals surface area contributed by atoms with Crippen molar-refractivity contribution in [2.75, 3.05) is 20.2 Å². The van der Waals surface area contributed by atoms with Gasteiger partial charge in [-0.3, -0.25) is 4.79 Å². The molecule has 2 fully saturated rings. The Hall–Kier alpha value is -2.66. The number of fused-ring (bicyclic) bond motifs is 1. The lowest BCUT2D eigenvalue weighted by Gasteiger charge is -2.23. The van der Waals surface area contributed by atoms with Gasteiger partial charge in [0, 0.05) is 18.5 Å². The van der Waals surface area contributed by atoms with Gasteiger partial charge in [0.2, 0.25) is 5.91 Å². The Balaban J connectivity index is 0.000000444. The number of amides is 1. The summed E-state index contributed by atoms with van der Waals surface area (Å²) in [6.07, 6.45) is -8.42. The lowest BCUT2D eigenvalue weighted by Crippen LogP contribution is -2.47. The fraction of sp³-hybridized carbons (Fsp3) is 0.480. The second kappa shape index (κ2) is 10.8. The Morgan fingerprint density at radius 3 is 2.06 bits per heavy atom. The van der Waals surface area contributed by atoms with Crippen LogP contribution in [0.15, 0.2) is 48.5 Å². The molecule has 1 amide bonds. The van der Waals surface area contributed by atoms with E-state index in [0.29, 0.717) is 31.5 Å². The summed E-state index contributed by atoms with van der Waals surface area (Å²) in [5.74, 6) is -0.180. The Bertz CT molecular complexity index is 1010. The van der Waals surface area contributed by atoms with Gasteiger partial charge < -0.3 is 15.0 Å². The fourth-order valence-corrected chi connectivity index (χ4v) is 4.52. The molecule has 2 saturated heterocycles. The predicted molar refractivity (Wildman–Crippen MR) is 118 cm³/mol. The van der Waals surface area contributed by atoms with Crippen LogP contribution < -0.4 is 5.32 Å². The maximum absolute atomic E-state index is 12.9. The molecule has 11 heteroatoms. The van der Waals surface area contributed by atoms with Crippen LogP contribution in [0.5, 0.6) is 0 Å². The molecule has 1 N–H and O–H groups in total. The average Bonchev–Trinajstić information content (AvgIpc) is 3.29. The van der Waals surface area contributed by atoms with Gasteiger partial charge in [-0.15, -0.1) is 0 Å². The summed E-state index contributed by atoms with van der Waals surface area (Å²) in [7, 11) is 1.73. The van der Waals surface area contributed by atoms with E-state index in [0.717, 1.165) is 0 Å². The third-order valence-electron chi connectivity index (χ3n) is 6.43. The standard InChI is InChI=1S/C19H22F6N2O2.C6H5F/c1-17(26-2)7-15-5-12(8-27(15)16(17)28)10-29-9-11-3-13(18(20,21)22)6-14(4-11)19(23,24)25;7-6-4-2-1-3-5-6/h3-4,6,12,15,26H,5,7-10H2,1-2H3;1-5H/t12?,15?,17-;/m0./s1. The summed E-state index contributed by atoms with van der Waals surface area (Å²) < 4.78 is 94.8. The number of nitrogens with zero attached hydrogens (tertiary/aromatic N) is 1. The second-order valence-corrected chi connectivity index (χ2v) is 9.22. The van der Waals surface area contributed by atoms with Crippen molar-refractivity contribution in [2.24, 2.45) is 5.92 Å². The molecule has 0 radical (unpaired) electrons. The van der Waals surface area contributed by atoms with Gasteiger partial charge in [0.25, 0.3) is 0 Å². The minimum atomic E-state index is -4.88. The number of hydrogen-bond acceptors (Lipinski definition) is 3. The summed E-state index contributed by atoms with van der Waals surface area (Å²) in [5, 5.41) is 3.03. The molecule has 3 atom stereocenters. The van der Waals surface area contributed by atoms with Crippen LogP contribution in [0, 0.1) is 11.7 Å². The summed E-state index contributed by atoms with van der Waals surface area (Å²) in [5.41, 5.74) is -3.50. The molecule has 2 aliphatic heterocycles. The topological polar surface area (TPSA) is 41.6 Å². The number of carbonyl (C=O) groups excluding carboxylic acids is 1. The van der Waals surface area contributed by atoms with Gasteiger partial charge in [0.15, 0.2) is 0 Å². The van der Waals surface area contributed by atoms with Gasteiger partial charge >= 0.3 is 12.4 Å². The summed E-state index contributed by atoms with van der Waals surface area (Å²) in [4.78, 5) is 14.2. The Labute approximate surface area is 204 Å². The molecule has 4 rings (SSSR count). The number of halogens is 7. The maximum atomic E-state index is 12.9. The normalized spacial score (nSPS) is 23.9. The van der Waals surface area contributed by atoms with E-state index in [2.05, 4.69) is 5.32 Å². The van der Waals surface area contributed by atoms with E-state index in [1.807, 2.05) is 6.92 Å². The van der Waals surface area contributed by atoms with Crippen molar-refractivity contribution in [3.05, 3.63) is 71.0 Å². The number of benzene rings is 2. The van der Waals surface area contributed by atoms with E-state index in [-0.39, 0.29) is 48.5 Å². The molecular formula is C25H27F7N2O2. The van der Waals surface area contributed by atoms with E-state index in [1.165, 1.54) is 12.1 Å². The molecule has 198 valence electrons. The SMILES string of the molecule is CN[C@@]1(C)CC2CC(COCc3cc(C(F)(F)F)cc(C(F)(F)F)c3)CN2C1=O.Fc1ccccc1. The van der Waals surface area contributed by atoms with E-state index < -0.39 is 29.0 Å². The first-order chi connectivity index (χ1) is 16.7. The number of alkyl halides is 6. The number of carbonyl (C=O) groups is 1. The third-order valence-corrected chi connectivity index (χ3v) is 6.43. The van der Waals surface area contributed by atoms with Crippen molar-refractivity contribution < 1.29 is 40.3 Å². The highest BCUT2D eigenvalue weighted by atomic mass is 19.4. The first-order valence-electron chi connectivity index (χ1n) is 11.3. The number of rotatable bonds is 5. The van der Waals surface area contributed by atoms with Gasteiger partial charge in [-0.1, -0.05) is 18.2 Å². The average molecular weight is 520 g/mol. The molecule has 0 aromatic heterocycles. The highest BCUT2D eigenvalue weighted by Gasteiger charge is 2.51. The maximum Gasteiger partial charge on any atom is 0.416 e. The Kier molecular flexibility index (Phi) is 8.34. The van der Waals surface area contributed by atoms with Crippen LogP contribution in [0.4, 0.5) is 30.7 Å². The molecule has 0 aliphatic carbocycles. The molecule has 0 bridgehead atoms. The van der Waals surface area contributed by atoms with Crippen LogP contribution in [-0.4, -0.2) is 42.6 Å². The molecular weight excluding hydrogens is 493 g/mol. The number of hydrogen-bond donors (Lipinski definition) is 1. The highest BCUT2D eigenvalue weighted by molar-refractivity contribution is 5.89. The first-order valence-corrected chi connectivity index (χ1v) is 11.3. The zero-order chi connectivity index (χ0) is 26.7. The molecule has 4 nitrogen and oxygen atoms in total. The monoisotopic (exact) mass is 520 g/mol. The Morgan fingerprint density at radius 2 is 1.61 bits per heavy atom. The Morgan fingerprint density at radius 1 is 1.03 bits per heavy atom. The summed E-state index contributed by atoms with van der Waals surface area (Å²) in [6, 6.07) is 9.44.